The molecule has 27 heavy (non-hydrogen) atoms. The van der Waals surface area contributed by atoms with Gasteiger partial charge in [0.2, 0.25) is 0 Å². The molecule has 4 nitrogen and oxygen atoms in total. The minimum atomic E-state index is 0. The molecule has 2 atom stereocenters. The largest absolute Gasteiger partial charge is 0.398 e. The van der Waals surface area contributed by atoms with Crippen LogP contribution >= 0.6 is 24.8 Å². The Morgan fingerprint density at radius 2 is 1.74 bits per heavy atom. The summed E-state index contributed by atoms with van der Waals surface area (Å²) in [6.07, 6.45) is 1.98. The highest BCUT2D eigenvalue weighted by Gasteiger charge is 2.30. The van der Waals surface area contributed by atoms with Gasteiger partial charge < -0.3 is 10.6 Å². The van der Waals surface area contributed by atoms with Crippen LogP contribution in [0.5, 0.6) is 0 Å². The second-order valence-corrected chi connectivity index (χ2v) is 6.99. The van der Waals surface area contributed by atoms with E-state index in [4.69, 9.17) is 5.73 Å². The molecule has 0 aromatic heterocycles. The van der Waals surface area contributed by atoms with Gasteiger partial charge in [-0.25, -0.2) is 0 Å². The van der Waals surface area contributed by atoms with Gasteiger partial charge in [0, 0.05) is 37.9 Å². The molecule has 1 amide bonds. The molecule has 1 heterocycles. The van der Waals surface area contributed by atoms with Gasteiger partial charge in [0.1, 0.15) is 0 Å². The molecule has 148 valence electrons. The van der Waals surface area contributed by atoms with E-state index in [2.05, 4.69) is 42.2 Å². The van der Waals surface area contributed by atoms with Gasteiger partial charge in [-0.1, -0.05) is 42.5 Å². The van der Waals surface area contributed by atoms with E-state index in [0.29, 0.717) is 17.3 Å². The highest BCUT2D eigenvalue weighted by molar-refractivity contribution is 5.99. The second kappa shape index (κ2) is 10.5. The fraction of sp³-hybridized carbons (Fsp3) is 0.381. The topological polar surface area (TPSA) is 49.6 Å². The summed E-state index contributed by atoms with van der Waals surface area (Å²) in [5.41, 5.74) is 8.46. The monoisotopic (exact) mass is 409 g/mol. The predicted molar refractivity (Wildman–Crippen MR) is 117 cm³/mol. The number of rotatable bonds is 4. The number of likely N-dealkylation sites (tertiary alicyclic amines) is 1. The third-order valence-corrected chi connectivity index (χ3v) is 5.27. The van der Waals surface area contributed by atoms with Gasteiger partial charge in [-0.05, 0) is 37.5 Å². The molecule has 2 unspecified atom stereocenters. The summed E-state index contributed by atoms with van der Waals surface area (Å²) in [5.74, 6) is 0.0202. The van der Waals surface area contributed by atoms with Gasteiger partial charge in [-0.15, -0.1) is 24.8 Å². The van der Waals surface area contributed by atoms with Gasteiger partial charge in [-0.2, -0.15) is 0 Å². The third-order valence-electron chi connectivity index (χ3n) is 5.27. The molecule has 0 aliphatic carbocycles. The Morgan fingerprint density at radius 1 is 1.11 bits per heavy atom. The minimum Gasteiger partial charge on any atom is -0.398 e. The summed E-state index contributed by atoms with van der Waals surface area (Å²) in [5, 5.41) is 0. The van der Waals surface area contributed by atoms with E-state index in [-0.39, 0.29) is 36.8 Å². The average molecular weight is 410 g/mol. The maximum absolute atomic E-state index is 12.8. The summed E-state index contributed by atoms with van der Waals surface area (Å²) in [6, 6.07) is 18.6. The van der Waals surface area contributed by atoms with E-state index in [0.717, 1.165) is 25.9 Å². The van der Waals surface area contributed by atoms with Crippen molar-refractivity contribution in [3.63, 3.8) is 0 Å². The van der Waals surface area contributed by atoms with E-state index >= 15 is 0 Å². The molecule has 2 N–H and O–H groups in total. The quantitative estimate of drug-likeness (QED) is 0.768. The standard InChI is InChI=1S/C21H27N3O.2ClH/c1-16-14-18(12-13-24(16)15-17-8-4-3-5-9-17)23(2)21(25)19-10-6-7-11-20(19)22;;/h3-11,16,18H,12-15,22H2,1-2H3;2*1H. The Kier molecular flexibility index (Phi) is 9.10. The summed E-state index contributed by atoms with van der Waals surface area (Å²) in [4.78, 5) is 17.2. The Balaban J connectivity index is 0.00000182. The molecule has 1 saturated heterocycles. The number of anilines is 1. The molecular weight excluding hydrogens is 381 g/mol. The van der Waals surface area contributed by atoms with E-state index in [1.807, 2.05) is 30.1 Å². The molecular formula is C21H29Cl2N3O. The third kappa shape index (κ3) is 5.61. The van der Waals surface area contributed by atoms with Crippen LogP contribution in [0.4, 0.5) is 5.69 Å². The van der Waals surface area contributed by atoms with Crippen molar-refractivity contribution in [3.05, 3.63) is 65.7 Å². The maximum atomic E-state index is 12.8. The number of piperidine rings is 1. The predicted octanol–water partition coefficient (Wildman–Crippen LogP) is 4.24. The summed E-state index contributed by atoms with van der Waals surface area (Å²) in [7, 11) is 1.90. The fourth-order valence-corrected chi connectivity index (χ4v) is 3.65. The zero-order valence-corrected chi connectivity index (χ0v) is 17.5. The number of nitrogen functional groups attached to an aromatic ring is 1. The van der Waals surface area contributed by atoms with Crippen molar-refractivity contribution >= 4 is 36.4 Å². The number of halogens is 2. The summed E-state index contributed by atoms with van der Waals surface area (Å²) < 4.78 is 0. The Bertz CT molecular complexity index is 726. The van der Waals surface area contributed by atoms with Crippen molar-refractivity contribution in [1.82, 2.24) is 9.80 Å². The smallest absolute Gasteiger partial charge is 0.255 e. The van der Waals surface area contributed by atoms with Gasteiger partial charge in [0.25, 0.3) is 5.91 Å². The highest BCUT2D eigenvalue weighted by Crippen LogP contribution is 2.25. The highest BCUT2D eigenvalue weighted by atomic mass is 35.5. The lowest BCUT2D eigenvalue weighted by molar-refractivity contribution is 0.0539. The van der Waals surface area contributed by atoms with Crippen LogP contribution in [0, 0.1) is 0 Å². The first kappa shape index (κ1) is 23.3. The molecule has 6 heteroatoms. The molecule has 1 aliphatic rings. The summed E-state index contributed by atoms with van der Waals surface area (Å²) >= 11 is 0. The number of hydrogen-bond acceptors (Lipinski definition) is 3. The number of nitrogens with two attached hydrogens (primary N) is 1. The number of hydrogen-bond donors (Lipinski definition) is 1. The molecule has 0 spiro atoms. The van der Waals surface area contributed by atoms with Crippen molar-refractivity contribution in [2.24, 2.45) is 0 Å². The molecule has 1 aliphatic heterocycles. The first-order valence-electron chi connectivity index (χ1n) is 8.96. The van der Waals surface area contributed by atoms with Crippen molar-refractivity contribution in [2.75, 3.05) is 19.3 Å². The van der Waals surface area contributed by atoms with Crippen LogP contribution < -0.4 is 5.73 Å². The van der Waals surface area contributed by atoms with Crippen LogP contribution in [0.2, 0.25) is 0 Å². The number of nitrogens with zero attached hydrogens (tertiary/aromatic N) is 2. The van der Waals surface area contributed by atoms with Crippen LogP contribution in [0.1, 0.15) is 35.7 Å². The normalized spacial score (nSPS) is 19.5. The Labute approximate surface area is 174 Å². The lowest BCUT2D eigenvalue weighted by atomic mass is 9.95. The van der Waals surface area contributed by atoms with E-state index in [9.17, 15) is 4.79 Å². The number of amides is 1. The van der Waals surface area contributed by atoms with Crippen molar-refractivity contribution in [2.45, 2.75) is 38.4 Å². The Morgan fingerprint density at radius 3 is 2.37 bits per heavy atom. The molecule has 1 fully saturated rings. The van der Waals surface area contributed by atoms with Crippen LogP contribution in [-0.4, -0.2) is 41.4 Å². The van der Waals surface area contributed by atoms with Gasteiger partial charge >= 0.3 is 0 Å². The first-order valence-corrected chi connectivity index (χ1v) is 8.96. The molecule has 2 aromatic carbocycles. The number of carbonyl (C=O) groups is 1. The molecule has 0 radical (unpaired) electrons. The molecule has 2 aromatic rings. The zero-order valence-electron chi connectivity index (χ0n) is 15.9. The lowest BCUT2D eigenvalue weighted by Crippen LogP contribution is -2.49. The van der Waals surface area contributed by atoms with E-state index in [1.54, 1.807) is 6.07 Å². The number of benzene rings is 2. The number of carbonyl (C=O) groups excluding carboxylic acids is 1. The van der Waals surface area contributed by atoms with Crippen LogP contribution in [-0.2, 0) is 6.54 Å². The van der Waals surface area contributed by atoms with Gasteiger partial charge in [0.05, 0.1) is 5.56 Å². The van der Waals surface area contributed by atoms with Gasteiger partial charge in [-0.3, -0.25) is 9.69 Å². The first-order chi connectivity index (χ1) is 12.1. The summed E-state index contributed by atoms with van der Waals surface area (Å²) in [6.45, 7) is 4.23. The molecule has 0 bridgehead atoms. The van der Waals surface area contributed by atoms with E-state index < -0.39 is 0 Å². The van der Waals surface area contributed by atoms with Crippen molar-refractivity contribution in [1.29, 1.82) is 0 Å². The zero-order chi connectivity index (χ0) is 17.8. The van der Waals surface area contributed by atoms with E-state index in [1.165, 1.54) is 5.56 Å². The fourth-order valence-electron chi connectivity index (χ4n) is 3.65. The average Bonchev–Trinajstić information content (AvgIpc) is 2.63. The van der Waals surface area contributed by atoms with Crippen LogP contribution in [0.25, 0.3) is 0 Å². The van der Waals surface area contributed by atoms with Crippen molar-refractivity contribution < 1.29 is 4.79 Å². The Hall–Kier alpha value is -1.75. The minimum absolute atomic E-state index is 0. The van der Waals surface area contributed by atoms with Crippen LogP contribution in [0.15, 0.2) is 54.6 Å². The lowest BCUT2D eigenvalue weighted by Gasteiger charge is -2.41. The van der Waals surface area contributed by atoms with Gasteiger partial charge in [0.15, 0.2) is 0 Å². The van der Waals surface area contributed by atoms with Crippen LogP contribution in [0.3, 0.4) is 0 Å². The SMILES string of the molecule is CC1CC(N(C)C(=O)c2ccccc2N)CCN1Cc1ccccc1.Cl.Cl. The number of para-hydroxylation sites is 1. The van der Waals surface area contributed by atoms with Crippen molar-refractivity contribution in [3.8, 4) is 0 Å². The second-order valence-electron chi connectivity index (χ2n) is 6.99. The molecule has 3 rings (SSSR count). The maximum Gasteiger partial charge on any atom is 0.255 e. The molecule has 0 saturated carbocycles.